The summed E-state index contributed by atoms with van der Waals surface area (Å²) in [5.74, 6) is 0.385. The predicted octanol–water partition coefficient (Wildman–Crippen LogP) is 1.99. The van der Waals surface area contributed by atoms with Crippen LogP contribution in [0.25, 0.3) is 0 Å². The van der Waals surface area contributed by atoms with Gasteiger partial charge in [0, 0.05) is 37.5 Å². The van der Waals surface area contributed by atoms with Crippen LogP contribution in [-0.4, -0.2) is 48.1 Å². The third-order valence-electron chi connectivity index (χ3n) is 3.86. The van der Waals surface area contributed by atoms with E-state index in [-0.39, 0.29) is 17.2 Å². The number of para-hydroxylation sites is 1. The lowest BCUT2D eigenvalue weighted by atomic mass is 10.2. The Morgan fingerprint density at radius 3 is 2.59 bits per heavy atom. The summed E-state index contributed by atoms with van der Waals surface area (Å²) in [5, 5.41) is 19.9. The fourth-order valence-electron chi connectivity index (χ4n) is 2.37. The summed E-state index contributed by atoms with van der Waals surface area (Å²) in [5.41, 5.74) is 1.36. The van der Waals surface area contributed by atoms with Crippen molar-refractivity contribution in [2.45, 2.75) is 27.2 Å². The largest absolute Gasteiger partial charge is 0.507 e. The molecule has 0 saturated heterocycles. The van der Waals surface area contributed by atoms with E-state index in [1.165, 1.54) is 10.9 Å². The zero-order valence-electron chi connectivity index (χ0n) is 16.0. The molecule has 0 radical (unpaired) electrons. The second kappa shape index (κ2) is 10.5. The zero-order chi connectivity index (χ0) is 19.6. The highest BCUT2D eigenvalue weighted by Crippen LogP contribution is 2.16. The lowest BCUT2D eigenvalue weighted by molar-refractivity contribution is 0.0951. The molecule has 1 aromatic heterocycles. The van der Waals surface area contributed by atoms with Crippen molar-refractivity contribution in [1.82, 2.24) is 20.9 Å². The molecule has 2 aromatic rings. The van der Waals surface area contributed by atoms with Gasteiger partial charge in [0.15, 0.2) is 5.96 Å². The number of phenols is 1. The molecule has 0 atom stereocenters. The standard InChI is InChI=1S/C19H27N5O2S/c1-4-20-19(22-10-9-17-24-13(2)14(3)27-17)23-12-11-21-18(26)15-7-5-6-8-16(15)25/h5-8,25H,4,9-12H2,1-3H3,(H,21,26)(H2,20,22,23). The average Bonchev–Trinajstić information content (AvgIpc) is 2.96. The number of nitrogens with one attached hydrogen (secondary N) is 3. The number of hydrogen-bond donors (Lipinski definition) is 4. The van der Waals surface area contributed by atoms with Crippen LogP contribution in [0.3, 0.4) is 0 Å². The van der Waals surface area contributed by atoms with Crippen LogP contribution < -0.4 is 16.0 Å². The van der Waals surface area contributed by atoms with Crippen LogP contribution in [0.5, 0.6) is 5.75 Å². The molecule has 8 heteroatoms. The molecule has 1 heterocycles. The second-order valence-corrected chi connectivity index (χ2v) is 7.25. The maximum Gasteiger partial charge on any atom is 0.255 e. The van der Waals surface area contributed by atoms with Crippen molar-refractivity contribution < 1.29 is 9.90 Å². The predicted molar refractivity (Wildman–Crippen MR) is 110 cm³/mol. The van der Waals surface area contributed by atoms with Crippen LogP contribution in [0, 0.1) is 13.8 Å². The molecule has 0 aliphatic carbocycles. The molecular formula is C19H27N5O2S. The summed E-state index contributed by atoms with van der Waals surface area (Å²) in [4.78, 5) is 22.4. The molecule has 7 nitrogen and oxygen atoms in total. The molecule has 1 amide bonds. The van der Waals surface area contributed by atoms with E-state index in [0.29, 0.717) is 25.6 Å². The number of nitrogens with zero attached hydrogens (tertiary/aromatic N) is 2. The second-order valence-electron chi connectivity index (χ2n) is 5.96. The smallest absolute Gasteiger partial charge is 0.255 e. The molecule has 0 spiro atoms. The maximum absolute atomic E-state index is 12.0. The van der Waals surface area contributed by atoms with E-state index < -0.39 is 0 Å². The van der Waals surface area contributed by atoms with Gasteiger partial charge in [0.05, 0.1) is 16.3 Å². The molecule has 146 valence electrons. The monoisotopic (exact) mass is 389 g/mol. The summed E-state index contributed by atoms with van der Waals surface area (Å²) in [6.45, 7) is 8.45. The number of phenolic OH excluding ortho intramolecular Hbond substituents is 1. The van der Waals surface area contributed by atoms with Crippen LogP contribution in [0.4, 0.5) is 0 Å². The van der Waals surface area contributed by atoms with Gasteiger partial charge in [-0.3, -0.25) is 9.79 Å². The minimum atomic E-state index is -0.300. The number of aryl methyl sites for hydroxylation is 2. The van der Waals surface area contributed by atoms with E-state index in [1.807, 2.05) is 13.8 Å². The number of carbonyl (C=O) groups excluding carboxylic acids is 1. The first-order chi connectivity index (χ1) is 13.0. The Morgan fingerprint density at radius 2 is 1.93 bits per heavy atom. The maximum atomic E-state index is 12.0. The van der Waals surface area contributed by atoms with Crippen LogP contribution in [0.2, 0.25) is 0 Å². The Kier molecular flexibility index (Phi) is 8.06. The van der Waals surface area contributed by atoms with Crippen LogP contribution in [0.1, 0.15) is 32.9 Å². The number of hydrogen-bond acceptors (Lipinski definition) is 5. The first kappa shape index (κ1) is 20.7. The van der Waals surface area contributed by atoms with E-state index in [9.17, 15) is 9.90 Å². The van der Waals surface area contributed by atoms with Crippen LogP contribution in [-0.2, 0) is 6.42 Å². The van der Waals surface area contributed by atoms with Gasteiger partial charge in [-0.25, -0.2) is 4.98 Å². The first-order valence-corrected chi connectivity index (χ1v) is 9.84. The quantitative estimate of drug-likeness (QED) is 0.314. The van der Waals surface area contributed by atoms with Gasteiger partial charge in [-0.15, -0.1) is 11.3 Å². The Labute approximate surface area is 163 Å². The van der Waals surface area contributed by atoms with Crippen molar-refractivity contribution >= 4 is 23.2 Å². The van der Waals surface area contributed by atoms with E-state index in [4.69, 9.17) is 0 Å². The molecule has 0 bridgehead atoms. The molecule has 2 rings (SSSR count). The number of guanidine groups is 1. The number of benzene rings is 1. The van der Waals surface area contributed by atoms with Gasteiger partial charge in [0.1, 0.15) is 5.75 Å². The summed E-state index contributed by atoms with van der Waals surface area (Å²) < 4.78 is 0. The Hall–Kier alpha value is -2.61. The minimum absolute atomic E-state index is 0.0227. The number of aromatic nitrogens is 1. The van der Waals surface area contributed by atoms with Crippen molar-refractivity contribution in [2.24, 2.45) is 4.99 Å². The summed E-state index contributed by atoms with van der Waals surface area (Å²) >= 11 is 1.71. The van der Waals surface area contributed by atoms with E-state index in [1.54, 1.807) is 29.5 Å². The van der Waals surface area contributed by atoms with Crippen molar-refractivity contribution in [3.63, 3.8) is 0 Å². The molecule has 0 saturated carbocycles. The fraction of sp³-hybridized carbons (Fsp3) is 0.421. The number of thiazole rings is 1. The topological polar surface area (TPSA) is 98.6 Å². The van der Waals surface area contributed by atoms with Crippen molar-refractivity contribution in [1.29, 1.82) is 0 Å². The minimum Gasteiger partial charge on any atom is -0.507 e. The molecule has 0 aliphatic heterocycles. The molecular weight excluding hydrogens is 362 g/mol. The SMILES string of the molecule is CCNC(=NCCc1nc(C)c(C)s1)NCCNC(=O)c1ccccc1O. The number of aromatic hydroxyl groups is 1. The highest BCUT2D eigenvalue weighted by atomic mass is 32.1. The lowest BCUT2D eigenvalue weighted by Crippen LogP contribution is -2.41. The highest BCUT2D eigenvalue weighted by molar-refractivity contribution is 7.11. The number of rotatable bonds is 8. The average molecular weight is 390 g/mol. The van der Waals surface area contributed by atoms with Gasteiger partial charge in [-0.2, -0.15) is 0 Å². The lowest BCUT2D eigenvalue weighted by Gasteiger charge is -2.12. The molecule has 4 N–H and O–H groups in total. The fourth-order valence-corrected chi connectivity index (χ4v) is 3.29. The first-order valence-electron chi connectivity index (χ1n) is 9.02. The summed E-state index contributed by atoms with van der Waals surface area (Å²) in [6.07, 6.45) is 0.805. The van der Waals surface area contributed by atoms with Gasteiger partial charge in [0.2, 0.25) is 0 Å². The number of aliphatic imine (C=N–C) groups is 1. The Balaban J connectivity index is 1.76. The molecule has 0 unspecified atom stereocenters. The molecule has 0 fully saturated rings. The summed E-state index contributed by atoms with van der Waals surface area (Å²) in [7, 11) is 0. The van der Waals surface area contributed by atoms with E-state index >= 15 is 0 Å². The normalized spacial score (nSPS) is 11.3. The van der Waals surface area contributed by atoms with Crippen LogP contribution >= 0.6 is 11.3 Å². The van der Waals surface area contributed by atoms with Gasteiger partial charge >= 0.3 is 0 Å². The number of amides is 1. The number of carbonyl (C=O) groups is 1. The Bertz CT molecular complexity index is 769. The van der Waals surface area contributed by atoms with Crippen molar-refractivity contribution in [3.05, 3.63) is 45.4 Å². The molecule has 0 aliphatic rings. The van der Waals surface area contributed by atoms with E-state index in [2.05, 4.69) is 32.9 Å². The third kappa shape index (κ3) is 6.56. The molecule has 1 aromatic carbocycles. The van der Waals surface area contributed by atoms with Gasteiger partial charge in [0.25, 0.3) is 5.91 Å². The third-order valence-corrected chi connectivity index (χ3v) is 5.00. The van der Waals surface area contributed by atoms with Gasteiger partial charge in [-0.05, 0) is 32.9 Å². The zero-order valence-corrected chi connectivity index (χ0v) is 16.8. The van der Waals surface area contributed by atoms with Crippen molar-refractivity contribution in [3.8, 4) is 5.75 Å². The van der Waals surface area contributed by atoms with E-state index in [0.717, 1.165) is 23.7 Å². The summed E-state index contributed by atoms with van der Waals surface area (Å²) in [6, 6.07) is 6.48. The molecule has 27 heavy (non-hydrogen) atoms. The van der Waals surface area contributed by atoms with Crippen molar-refractivity contribution in [2.75, 3.05) is 26.2 Å². The highest BCUT2D eigenvalue weighted by Gasteiger charge is 2.09. The van der Waals surface area contributed by atoms with Crippen LogP contribution in [0.15, 0.2) is 29.3 Å². The van der Waals surface area contributed by atoms with Gasteiger partial charge in [-0.1, -0.05) is 12.1 Å². The van der Waals surface area contributed by atoms with Gasteiger partial charge < -0.3 is 21.1 Å². The Morgan fingerprint density at radius 1 is 1.19 bits per heavy atom.